The zero-order valence-electron chi connectivity index (χ0n) is 9.79. The van der Waals surface area contributed by atoms with Gasteiger partial charge in [0.2, 0.25) is 0 Å². The van der Waals surface area contributed by atoms with Gasteiger partial charge in [0, 0.05) is 6.20 Å². The van der Waals surface area contributed by atoms with Crippen molar-refractivity contribution in [1.82, 2.24) is 8.96 Å². The van der Waals surface area contributed by atoms with E-state index >= 15 is 0 Å². The Hall–Kier alpha value is -1.34. The first-order valence-electron chi connectivity index (χ1n) is 5.05. The van der Waals surface area contributed by atoms with Crippen LogP contribution in [0.3, 0.4) is 0 Å². The number of methoxy groups -OCH3 is 1. The molecule has 96 valence electrons. The van der Waals surface area contributed by atoms with E-state index in [0.29, 0.717) is 15.9 Å². The van der Waals surface area contributed by atoms with E-state index in [9.17, 15) is 8.42 Å². The number of hydrogen-bond acceptors (Lipinski definition) is 4. The monoisotopic (exact) mass is 330 g/mol. The molecule has 0 N–H and O–H groups in total. The molecule has 18 heavy (non-hydrogen) atoms. The highest BCUT2D eigenvalue weighted by Crippen LogP contribution is 2.28. The van der Waals surface area contributed by atoms with Crippen LogP contribution in [0.5, 0.6) is 5.75 Å². The van der Waals surface area contributed by atoms with Gasteiger partial charge in [-0.3, -0.25) is 0 Å². The minimum atomic E-state index is -3.60. The van der Waals surface area contributed by atoms with Crippen LogP contribution in [0.1, 0.15) is 5.69 Å². The number of halogens is 1. The Morgan fingerprint density at radius 3 is 2.61 bits per heavy atom. The number of rotatable bonds is 3. The normalized spacial score (nSPS) is 11.5. The zero-order chi connectivity index (χ0) is 13.3. The number of hydrogen-bond donors (Lipinski definition) is 0. The van der Waals surface area contributed by atoms with E-state index in [4.69, 9.17) is 4.74 Å². The highest BCUT2D eigenvalue weighted by atomic mass is 79.9. The Morgan fingerprint density at radius 2 is 2.11 bits per heavy atom. The van der Waals surface area contributed by atoms with Crippen molar-refractivity contribution in [3.05, 3.63) is 40.9 Å². The molecule has 1 heterocycles. The molecule has 2 rings (SSSR count). The van der Waals surface area contributed by atoms with Gasteiger partial charge < -0.3 is 4.74 Å². The van der Waals surface area contributed by atoms with E-state index in [0.717, 1.165) is 3.97 Å². The van der Waals surface area contributed by atoms with Crippen molar-refractivity contribution in [2.45, 2.75) is 11.8 Å². The minimum Gasteiger partial charge on any atom is -0.496 e. The van der Waals surface area contributed by atoms with Gasteiger partial charge in [-0.05, 0) is 41.1 Å². The largest absolute Gasteiger partial charge is 0.496 e. The van der Waals surface area contributed by atoms with E-state index in [1.54, 1.807) is 13.0 Å². The molecule has 0 amide bonds. The van der Waals surface area contributed by atoms with Gasteiger partial charge in [0.1, 0.15) is 12.1 Å². The third kappa shape index (κ3) is 2.28. The van der Waals surface area contributed by atoms with Crippen LogP contribution in [0, 0.1) is 6.92 Å². The van der Waals surface area contributed by atoms with E-state index in [1.807, 2.05) is 0 Å². The lowest BCUT2D eigenvalue weighted by Gasteiger charge is -2.07. The van der Waals surface area contributed by atoms with Crippen molar-refractivity contribution in [3.63, 3.8) is 0 Å². The quantitative estimate of drug-likeness (QED) is 0.865. The molecule has 0 aliphatic heterocycles. The van der Waals surface area contributed by atoms with Crippen molar-refractivity contribution in [2.75, 3.05) is 7.11 Å². The number of benzene rings is 1. The Labute approximate surface area is 114 Å². The first-order valence-corrected chi connectivity index (χ1v) is 7.28. The standard InChI is InChI=1S/C11H11BrN2O3S/c1-8-6-14(7-13-8)18(15,16)9-3-4-11(17-2)10(12)5-9/h3-7H,1-2H3. The topological polar surface area (TPSA) is 61.2 Å². The predicted octanol–water partition coefficient (Wildman–Crippen LogP) is 2.20. The fraction of sp³-hybridized carbons (Fsp3) is 0.182. The highest BCUT2D eigenvalue weighted by Gasteiger charge is 2.18. The van der Waals surface area contributed by atoms with Crippen LogP contribution < -0.4 is 4.74 Å². The Balaban J connectivity index is 2.51. The first-order chi connectivity index (χ1) is 8.45. The lowest BCUT2D eigenvalue weighted by Crippen LogP contribution is -2.11. The summed E-state index contributed by atoms with van der Waals surface area (Å²) in [5, 5.41) is 0. The van der Waals surface area contributed by atoms with Gasteiger partial charge in [-0.25, -0.2) is 17.4 Å². The average molecular weight is 331 g/mol. The van der Waals surface area contributed by atoms with Crippen molar-refractivity contribution in [3.8, 4) is 5.75 Å². The van der Waals surface area contributed by atoms with Gasteiger partial charge in [-0.2, -0.15) is 0 Å². The van der Waals surface area contributed by atoms with Crippen LogP contribution in [-0.2, 0) is 10.0 Å². The summed E-state index contributed by atoms with van der Waals surface area (Å²) in [6.07, 6.45) is 2.75. The summed E-state index contributed by atoms with van der Waals surface area (Å²) in [6.45, 7) is 1.73. The number of aromatic nitrogens is 2. The summed E-state index contributed by atoms with van der Waals surface area (Å²) in [7, 11) is -2.08. The van der Waals surface area contributed by atoms with Crippen LogP contribution in [0.15, 0.2) is 40.1 Å². The average Bonchev–Trinajstić information content (AvgIpc) is 2.76. The number of aryl methyl sites for hydroxylation is 1. The number of nitrogens with zero attached hydrogens (tertiary/aromatic N) is 2. The third-order valence-electron chi connectivity index (χ3n) is 2.39. The molecule has 1 aromatic heterocycles. The molecule has 5 nitrogen and oxygen atoms in total. The van der Waals surface area contributed by atoms with Crippen molar-refractivity contribution < 1.29 is 13.2 Å². The van der Waals surface area contributed by atoms with E-state index in [-0.39, 0.29) is 4.90 Å². The molecule has 2 aromatic rings. The number of ether oxygens (including phenoxy) is 1. The molecule has 0 saturated carbocycles. The minimum absolute atomic E-state index is 0.174. The van der Waals surface area contributed by atoms with Crippen LogP contribution in [-0.4, -0.2) is 24.5 Å². The second-order valence-electron chi connectivity index (χ2n) is 3.65. The van der Waals surface area contributed by atoms with Gasteiger partial charge in [-0.1, -0.05) is 0 Å². The summed E-state index contributed by atoms with van der Waals surface area (Å²) < 4.78 is 31.3. The fourth-order valence-corrected chi connectivity index (χ4v) is 3.36. The van der Waals surface area contributed by atoms with Gasteiger partial charge in [0.25, 0.3) is 10.0 Å². The first kappa shape index (κ1) is 13.1. The maximum absolute atomic E-state index is 12.3. The molecule has 7 heteroatoms. The Morgan fingerprint density at radius 1 is 1.39 bits per heavy atom. The van der Waals surface area contributed by atoms with E-state index < -0.39 is 10.0 Å². The van der Waals surface area contributed by atoms with Gasteiger partial charge in [-0.15, -0.1) is 0 Å². The summed E-state index contributed by atoms with van der Waals surface area (Å²) >= 11 is 3.26. The van der Waals surface area contributed by atoms with Crippen molar-refractivity contribution >= 4 is 26.0 Å². The summed E-state index contributed by atoms with van der Waals surface area (Å²) in [5.41, 5.74) is 0.645. The van der Waals surface area contributed by atoms with Gasteiger partial charge in [0.05, 0.1) is 22.2 Å². The van der Waals surface area contributed by atoms with Crippen LogP contribution >= 0.6 is 15.9 Å². The van der Waals surface area contributed by atoms with E-state index in [1.165, 1.54) is 31.8 Å². The molecule has 0 spiro atoms. The molecular weight excluding hydrogens is 320 g/mol. The molecule has 0 saturated heterocycles. The molecule has 0 radical (unpaired) electrons. The Bertz CT molecular complexity index is 679. The maximum Gasteiger partial charge on any atom is 0.268 e. The summed E-state index contributed by atoms with van der Waals surface area (Å²) in [5.74, 6) is 0.579. The molecule has 1 aromatic carbocycles. The number of imidazole rings is 1. The summed E-state index contributed by atoms with van der Waals surface area (Å²) in [6, 6.07) is 4.60. The lowest BCUT2D eigenvalue weighted by molar-refractivity contribution is 0.411. The van der Waals surface area contributed by atoms with Gasteiger partial charge in [0.15, 0.2) is 0 Å². The van der Waals surface area contributed by atoms with Crippen LogP contribution in [0.25, 0.3) is 0 Å². The van der Waals surface area contributed by atoms with E-state index in [2.05, 4.69) is 20.9 Å². The molecule has 0 fully saturated rings. The highest BCUT2D eigenvalue weighted by molar-refractivity contribution is 9.10. The summed E-state index contributed by atoms with van der Waals surface area (Å²) in [4.78, 5) is 4.09. The second-order valence-corrected chi connectivity index (χ2v) is 6.34. The zero-order valence-corrected chi connectivity index (χ0v) is 12.2. The molecular formula is C11H11BrN2O3S. The van der Waals surface area contributed by atoms with Crippen LogP contribution in [0.4, 0.5) is 0 Å². The van der Waals surface area contributed by atoms with Crippen molar-refractivity contribution in [1.29, 1.82) is 0 Å². The van der Waals surface area contributed by atoms with Crippen molar-refractivity contribution in [2.24, 2.45) is 0 Å². The van der Waals surface area contributed by atoms with Crippen LogP contribution in [0.2, 0.25) is 0 Å². The predicted molar refractivity (Wildman–Crippen MR) is 70.2 cm³/mol. The maximum atomic E-state index is 12.3. The molecule has 0 atom stereocenters. The molecule has 0 unspecified atom stereocenters. The fourth-order valence-electron chi connectivity index (χ4n) is 1.46. The Kier molecular flexibility index (Phi) is 3.45. The third-order valence-corrected chi connectivity index (χ3v) is 4.61. The molecule has 0 aliphatic carbocycles. The van der Waals surface area contributed by atoms with Gasteiger partial charge >= 0.3 is 0 Å². The SMILES string of the molecule is COc1ccc(S(=O)(=O)n2cnc(C)c2)cc1Br. The lowest BCUT2D eigenvalue weighted by atomic mass is 10.3. The molecule has 0 aliphatic rings. The molecule has 0 bridgehead atoms. The smallest absolute Gasteiger partial charge is 0.268 e. The second kappa shape index (κ2) is 4.74.